The zero-order valence-electron chi connectivity index (χ0n) is 9.40. The number of rotatable bonds is 4. The van der Waals surface area contributed by atoms with Gasteiger partial charge < -0.3 is 10.1 Å². The average molecular weight is 225 g/mol. The van der Waals surface area contributed by atoms with Gasteiger partial charge in [0.2, 0.25) is 0 Å². The zero-order chi connectivity index (χ0) is 10.7. The van der Waals surface area contributed by atoms with E-state index >= 15 is 0 Å². The Bertz CT molecular complexity index is 284. The van der Waals surface area contributed by atoms with Gasteiger partial charge in [0, 0.05) is 30.0 Å². The highest BCUT2D eigenvalue weighted by molar-refractivity contribution is 7.10. The molecule has 2 unspecified atom stereocenters. The Morgan fingerprint density at radius 2 is 2.47 bits per heavy atom. The zero-order valence-corrected chi connectivity index (χ0v) is 10.2. The Hall–Kier alpha value is -0.380. The first-order chi connectivity index (χ1) is 7.27. The molecular weight excluding hydrogens is 206 g/mol. The molecule has 2 nitrogen and oxygen atoms in total. The minimum absolute atomic E-state index is 0.330. The summed E-state index contributed by atoms with van der Waals surface area (Å²) in [4.78, 5) is 1.38. The molecule has 2 heterocycles. The van der Waals surface area contributed by atoms with Crippen molar-refractivity contribution in [3.63, 3.8) is 0 Å². The second-order valence-electron chi connectivity index (χ2n) is 4.42. The summed E-state index contributed by atoms with van der Waals surface area (Å²) < 4.78 is 5.81. The summed E-state index contributed by atoms with van der Waals surface area (Å²) in [5, 5.41) is 5.63. The first-order valence-electron chi connectivity index (χ1n) is 5.65. The third-order valence-electron chi connectivity index (χ3n) is 2.83. The topological polar surface area (TPSA) is 21.3 Å². The molecule has 84 valence electrons. The van der Waals surface area contributed by atoms with Crippen LogP contribution < -0.4 is 5.32 Å². The molecule has 1 aliphatic heterocycles. The summed E-state index contributed by atoms with van der Waals surface area (Å²) in [5.41, 5.74) is 0. The monoisotopic (exact) mass is 225 g/mol. The Balaban J connectivity index is 1.93. The van der Waals surface area contributed by atoms with Gasteiger partial charge in [-0.2, -0.15) is 0 Å². The first kappa shape index (κ1) is 11.1. The number of ether oxygens (including phenoxy) is 1. The van der Waals surface area contributed by atoms with E-state index in [0.29, 0.717) is 18.1 Å². The van der Waals surface area contributed by atoms with Crippen molar-refractivity contribution in [1.82, 2.24) is 5.32 Å². The van der Waals surface area contributed by atoms with Crippen LogP contribution in [0.1, 0.15) is 31.2 Å². The van der Waals surface area contributed by atoms with Gasteiger partial charge in [-0.05, 0) is 17.9 Å². The molecule has 0 radical (unpaired) electrons. The van der Waals surface area contributed by atoms with Gasteiger partial charge in [0.15, 0.2) is 0 Å². The molecule has 0 amide bonds. The van der Waals surface area contributed by atoms with Crippen molar-refractivity contribution in [3.05, 3.63) is 22.4 Å². The highest BCUT2D eigenvalue weighted by Gasteiger charge is 2.29. The van der Waals surface area contributed by atoms with Gasteiger partial charge in [0.1, 0.15) is 0 Å². The summed E-state index contributed by atoms with van der Waals surface area (Å²) in [6.45, 7) is 6.36. The number of hydrogen-bond acceptors (Lipinski definition) is 3. The van der Waals surface area contributed by atoms with Gasteiger partial charge in [-0.15, -0.1) is 11.3 Å². The summed E-state index contributed by atoms with van der Waals surface area (Å²) in [6, 6.07) is 4.85. The fraction of sp³-hybridized carbons (Fsp3) is 0.667. The largest absolute Gasteiger partial charge is 0.372 e. The van der Waals surface area contributed by atoms with Gasteiger partial charge in [-0.1, -0.05) is 19.9 Å². The van der Waals surface area contributed by atoms with Crippen molar-refractivity contribution in [2.45, 2.75) is 32.4 Å². The van der Waals surface area contributed by atoms with Crippen LogP contribution in [0, 0.1) is 5.92 Å². The van der Waals surface area contributed by atoms with E-state index in [9.17, 15) is 0 Å². The first-order valence-corrected chi connectivity index (χ1v) is 6.53. The molecule has 1 aromatic heterocycles. The van der Waals surface area contributed by atoms with Crippen LogP contribution in [0.3, 0.4) is 0 Å². The predicted octanol–water partition coefficient (Wildman–Crippen LogP) is 2.82. The Labute approximate surface area is 95.6 Å². The van der Waals surface area contributed by atoms with Crippen LogP contribution in [-0.2, 0) is 4.74 Å². The van der Waals surface area contributed by atoms with Crippen LogP contribution in [0.4, 0.5) is 0 Å². The van der Waals surface area contributed by atoms with Crippen molar-refractivity contribution >= 4 is 11.3 Å². The quantitative estimate of drug-likeness (QED) is 0.851. The lowest BCUT2D eigenvalue weighted by Gasteiger charge is -2.19. The molecule has 1 aromatic rings. The van der Waals surface area contributed by atoms with Crippen LogP contribution in [0.25, 0.3) is 0 Å². The molecule has 2 atom stereocenters. The van der Waals surface area contributed by atoms with Gasteiger partial charge in [-0.25, -0.2) is 0 Å². The Kier molecular flexibility index (Phi) is 3.78. The van der Waals surface area contributed by atoms with Crippen LogP contribution in [0.5, 0.6) is 0 Å². The van der Waals surface area contributed by atoms with Crippen molar-refractivity contribution in [1.29, 1.82) is 0 Å². The molecule has 0 aromatic carbocycles. The SMILES string of the molecule is CC(C)NCC1CCOC1c1cccs1. The van der Waals surface area contributed by atoms with Crippen LogP contribution in [-0.4, -0.2) is 19.2 Å². The van der Waals surface area contributed by atoms with Crippen molar-refractivity contribution in [2.24, 2.45) is 5.92 Å². The van der Waals surface area contributed by atoms with E-state index in [4.69, 9.17) is 4.74 Å². The average Bonchev–Trinajstić information content (AvgIpc) is 2.85. The highest BCUT2D eigenvalue weighted by Crippen LogP contribution is 2.36. The van der Waals surface area contributed by atoms with Crippen LogP contribution >= 0.6 is 11.3 Å². The second kappa shape index (κ2) is 5.10. The molecule has 1 N–H and O–H groups in total. The van der Waals surface area contributed by atoms with Crippen LogP contribution in [0.15, 0.2) is 17.5 Å². The summed E-state index contributed by atoms with van der Waals surface area (Å²) in [5.74, 6) is 0.644. The number of hydrogen-bond donors (Lipinski definition) is 1. The minimum atomic E-state index is 0.330. The minimum Gasteiger partial charge on any atom is -0.372 e. The summed E-state index contributed by atoms with van der Waals surface area (Å²) >= 11 is 1.81. The van der Waals surface area contributed by atoms with E-state index in [1.165, 1.54) is 11.3 Å². The molecule has 1 saturated heterocycles. The molecule has 1 aliphatic rings. The maximum absolute atomic E-state index is 5.81. The van der Waals surface area contributed by atoms with E-state index in [0.717, 1.165) is 13.2 Å². The third-order valence-corrected chi connectivity index (χ3v) is 3.76. The van der Waals surface area contributed by atoms with E-state index < -0.39 is 0 Å². The van der Waals surface area contributed by atoms with Crippen LogP contribution in [0.2, 0.25) is 0 Å². The lowest BCUT2D eigenvalue weighted by atomic mass is 10.00. The lowest BCUT2D eigenvalue weighted by Crippen LogP contribution is -2.30. The molecule has 2 rings (SSSR count). The smallest absolute Gasteiger partial charge is 0.0957 e. The van der Waals surface area contributed by atoms with Gasteiger partial charge in [-0.3, -0.25) is 0 Å². The Morgan fingerprint density at radius 3 is 3.13 bits per heavy atom. The molecule has 0 aliphatic carbocycles. The normalized spacial score (nSPS) is 26.3. The van der Waals surface area contributed by atoms with Crippen molar-refractivity contribution in [2.75, 3.05) is 13.2 Å². The van der Waals surface area contributed by atoms with E-state index in [1.54, 1.807) is 11.3 Å². The van der Waals surface area contributed by atoms with E-state index in [-0.39, 0.29) is 0 Å². The number of nitrogens with one attached hydrogen (secondary N) is 1. The molecule has 0 bridgehead atoms. The molecule has 0 saturated carbocycles. The fourth-order valence-corrected chi connectivity index (χ4v) is 2.86. The number of thiophene rings is 1. The molecule has 3 heteroatoms. The van der Waals surface area contributed by atoms with Gasteiger partial charge >= 0.3 is 0 Å². The Morgan fingerprint density at radius 1 is 1.60 bits per heavy atom. The molecular formula is C12H19NOS. The van der Waals surface area contributed by atoms with E-state index in [1.807, 2.05) is 0 Å². The van der Waals surface area contributed by atoms with Crippen molar-refractivity contribution in [3.8, 4) is 0 Å². The van der Waals surface area contributed by atoms with E-state index in [2.05, 4.69) is 36.7 Å². The molecule has 0 spiro atoms. The lowest BCUT2D eigenvalue weighted by molar-refractivity contribution is 0.0929. The second-order valence-corrected chi connectivity index (χ2v) is 5.40. The summed E-state index contributed by atoms with van der Waals surface area (Å²) in [6.07, 6.45) is 1.51. The third kappa shape index (κ3) is 2.80. The van der Waals surface area contributed by atoms with Gasteiger partial charge in [0.05, 0.1) is 6.10 Å². The van der Waals surface area contributed by atoms with Crippen molar-refractivity contribution < 1.29 is 4.74 Å². The molecule has 15 heavy (non-hydrogen) atoms. The highest BCUT2D eigenvalue weighted by atomic mass is 32.1. The maximum atomic E-state index is 5.81. The fourth-order valence-electron chi connectivity index (χ4n) is 2.00. The van der Waals surface area contributed by atoms with Gasteiger partial charge in [0.25, 0.3) is 0 Å². The molecule has 1 fully saturated rings. The maximum Gasteiger partial charge on any atom is 0.0957 e. The predicted molar refractivity (Wildman–Crippen MR) is 64.3 cm³/mol. The summed E-state index contributed by atoms with van der Waals surface area (Å²) in [7, 11) is 0. The standard InChI is InChI=1S/C12H19NOS/c1-9(2)13-8-10-5-6-14-12(10)11-4-3-7-15-11/h3-4,7,9-10,12-13H,5-6,8H2,1-2H3.